The maximum Gasteiger partial charge on any atom is 0.265 e. The van der Waals surface area contributed by atoms with E-state index in [1.165, 1.54) is 21.3 Å². The molecule has 1 aromatic carbocycles. The lowest BCUT2D eigenvalue weighted by Crippen LogP contribution is -3.12. The minimum atomic E-state index is -3.60. The van der Waals surface area contributed by atoms with Crippen LogP contribution in [0, 0.1) is 0 Å². The minimum Gasteiger partial charge on any atom is -0.373 e. The van der Waals surface area contributed by atoms with Crippen LogP contribution >= 0.6 is 0 Å². The first kappa shape index (κ1) is 20.2. The number of rotatable bonds is 4. The number of carbonyl (C=O) groups excluding carboxylic acids is 1. The Labute approximate surface area is 161 Å². The molecule has 0 spiro atoms. The quantitative estimate of drug-likeness (QED) is 0.678. The van der Waals surface area contributed by atoms with Gasteiger partial charge in [0.05, 0.1) is 50.3 Å². The van der Waals surface area contributed by atoms with Gasteiger partial charge in [-0.2, -0.15) is 4.31 Å². The van der Waals surface area contributed by atoms with Crippen molar-refractivity contribution in [3.05, 3.63) is 29.8 Å². The molecule has 2 heterocycles. The van der Waals surface area contributed by atoms with E-state index in [-0.39, 0.29) is 23.0 Å². The third kappa shape index (κ3) is 4.85. The molecule has 2 N–H and O–H groups in total. The standard InChI is InChI=1S/C18H28N4O4S/c1-14-12-22(13-15(2)26-14)27(24,25)17-6-4-16(5-7-17)18(23)19-21-10-8-20(3)9-11-21/h4-7,14-15H,8-13H2,1-3H3,(H,19,23)/p+1/t14-,15-/m1/s1. The van der Waals surface area contributed by atoms with E-state index in [1.807, 2.05) is 18.9 Å². The molecule has 2 atom stereocenters. The van der Waals surface area contributed by atoms with E-state index in [0.717, 1.165) is 26.2 Å². The Morgan fingerprint density at radius 3 is 2.22 bits per heavy atom. The van der Waals surface area contributed by atoms with Crippen LogP contribution < -0.4 is 10.3 Å². The fraction of sp³-hybridized carbons (Fsp3) is 0.611. The van der Waals surface area contributed by atoms with E-state index in [9.17, 15) is 13.2 Å². The molecule has 0 aromatic heterocycles. The van der Waals surface area contributed by atoms with Crippen LogP contribution in [0.4, 0.5) is 0 Å². The summed E-state index contributed by atoms with van der Waals surface area (Å²) < 4.78 is 32.8. The van der Waals surface area contributed by atoms with Crippen molar-refractivity contribution in [3.63, 3.8) is 0 Å². The molecule has 2 aliphatic heterocycles. The molecule has 27 heavy (non-hydrogen) atoms. The zero-order valence-corrected chi connectivity index (χ0v) is 17.0. The van der Waals surface area contributed by atoms with Crippen molar-refractivity contribution in [1.82, 2.24) is 14.7 Å². The molecule has 2 saturated heterocycles. The number of sulfonamides is 1. The highest BCUT2D eigenvalue weighted by Gasteiger charge is 2.32. The van der Waals surface area contributed by atoms with E-state index in [0.29, 0.717) is 18.7 Å². The van der Waals surface area contributed by atoms with Crippen molar-refractivity contribution in [2.75, 3.05) is 46.3 Å². The molecule has 0 saturated carbocycles. The lowest BCUT2D eigenvalue weighted by molar-refractivity contribution is -0.884. The number of piperazine rings is 1. The molecule has 1 aromatic rings. The first-order chi connectivity index (χ1) is 12.8. The van der Waals surface area contributed by atoms with Gasteiger partial charge in [-0.3, -0.25) is 10.2 Å². The first-order valence-corrected chi connectivity index (χ1v) is 10.8. The molecule has 0 radical (unpaired) electrons. The largest absolute Gasteiger partial charge is 0.373 e. The number of ether oxygens (including phenoxy) is 1. The van der Waals surface area contributed by atoms with Gasteiger partial charge in [0.25, 0.3) is 5.91 Å². The van der Waals surface area contributed by atoms with Crippen LogP contribution in [0.3, 0.4) is 0 Å². The molecular weight excluding hydrogens is 368 g/mol. The normalized spacial score (nSPS) is 26.0. The van der Waals surface area contributed by atoms with Crippen molar-refractivity contribution >= 4 is 15.9 Å². The van der Waals surface area contributed by atoms with Crippen LogP contribution in [0.2, 0.25) is 0 Å². The summed E-state index contributed by atoms with van der Waals surface area (Å²) in [4.78, 5) is 14.1. The van der Waals surface area contributed by atoms with Gasteiger partial charge in [-0.1, -0.05) is 0 Å². The van der Waals surface area contributed by atoms with E-state index >= 15 is 0 Å². The van der Waals surface area contributed by atoms with Gasteiger partial charge < -0.3 is 9.64 Å². The number of nitrogens with one attached hydrogen (secondary N) is 2. The van der Waals surface area contributed by atoms with Crippen molar-refractivity contribution in [3.8, 4) is 0 Å². The summed E-state index contributed by atoms with van der Waals surface area (Å²) in [5.74, 6) is -0.216. The summed E-state index contributed by atoms with van der Waals surface area (Å²) in [5, 5.41) is 1.91. The molecular formula is C18H29N4O4S+. The van der Waals surface area contributed by atoms with Crippen molar-refractivity contribution in [1.29, 1.82) is 0 Å². The zero-order chi connectivity index (χ0) is 19.6. The second-order valence-corrected chi connectivity index (χ2v) is 9.43. The highest BCUT2D eigenvalue weighted by atomic mass is 32.2. The lowest BCUT2D eigenvalue weighted by atomic mass is 10.2. The molecule has 0 aliphatic carbocycles. The maximum atomic E-state index is 12.9. The van der Waals surface area contributed by atoms with Gasteiger partial charge >= 0.3 is 0 Å². The number of amides is 1. The van der Waals surface area contributed by atoms with Crippen molar-refractivity contribution < 1.29 is 22.8 Å². The lowest BCUT2D eigenvalue weighted by Gasteiger charge is -2.34. The summed E-state index contributed by atoms with van der Waals surface area (Å²) in [7, 11) is -1.46. The van der Waals surface area contributed by atoms with Gasteiger partial charge in [-0.25, -0.2) is 13.4 Å². The number of nitrogens with zero attached hydrogens (tertiary/aromatic N) is 2. The predicted molar refractivity (Wildman–Crippen MR) is 101 cm³/mol. The Morgan fingerprint density at radius 2 is 1.67 bits per heavy atom. The van der Waals surface area contributed by atoms with Crippen LogP contribution in [-0.2, 0) is 14.8 Å². The average Bonchev–Trinajstić information content (AvgIpc) is 2.63. The van der Waals surface area contributed by atoms with Gasteiger partial charge in [-0.05, 0) is 38.1 Å². The third-order valence-corrected chi connectivity index (χ3v) is 6.86. The molecule has 8 nitrogen and oxygen atoms in total. The molecule has 1 amide bonds. The number of hydrazine groups is 1. The van der Waals surface area contributed by atoms with Gasteiger partial charge in [0.1, 0.15) is 0 Å². The maximum absolute atomic E-state index is 12.9. The Hall–Kier alpha value is -1.52. The minimum absolute atomic E-state index is 0.140. The number of hydrogen-bond acceptors (Lipinski definition) is 5. The van der Waals surface area contributed by atoms with Crippen molar-refractivity contribution in [2.45, 2.75) is 31.0 Å². The number of carbonyl (C=O) groups is 1. The van der Waals surface area contributed by atoms with E-state index < -0.39 is 10.0 Å². The second kappa shape index (κ2) is 8.24. The van der Waals surface area contributed by atoms with Crippen LogP contribution in [-0.4, -0.2) is 82.2 Å². The van der Waals surface area contributed by atoms with E-state index in [1.54, 1.807) is 12.1 Å². The summed E-state index contributed by atoms with van der Waals surface area (Å²) in [6.45, 7) is 7.97. The van der Waals surface area contributed by atoms with Gasteiger partial charge in [0.15, 0.2) is 0 Å². The summed E-state index contributed by atoms with van der Waals surface area (Å²) >= 11 is 0. The number of morpholine rings is 1. The molecule has 3 rings (SSSR count). The Balaban J connectivity index is 1.66. The Bertz CT molecular complexity index is 750. The summed E-state index contributed by atoms with van der Waals surface area (Å²) in [5.41, 5.74) is 3.34. The summed E-state index contributed by atoms with van der Waals surface area (Å²) in [6, 6.07) is 6.14. The van der Waals surface area contributed by atoms with Crippen LogP contribution in [0.5, 0.6) is 0 Å². The molecule has 0 unspecified atom stereocenters. The molecule has 9 heteroatoms. The topological polar surface area (TPSA) is 83.4 Å². The highest BCUT2D eigenvalue weighted by molar-refractivity contribution is 7.89. The van der Waals surface area contributed by atoms with Gasteiger partial charge in [0.2, 0.25) is 10.0 Å². The number of benzene rings is 1. The van der Waals surface area contributed by atoms with Gasteiger partial charge in [-0.15, -0.1) is 0 Å². The third-order valence-electron chi connectivity index (χ3n) is 5.02. The number of quaternary nitrogens is 1. The Kier molecular flexibility index (Phi) is 6.17. The predicted octanol–water partition coefficient (Wildman–Crippen LogP) is -1.04. The monoisotopic (exact) mass is 397 g/mol. The first-order valence-electron chi connectivity index (χ1n) is 9.38. The molecule has 2 fully saturated rings. The van der Waals surface area contributed by atoms with Crippen LogP contribution in [0.15, 0.2) is 29.2 Å². The van der Waals surface area contributed by atoms with E-state index in [2.05, 4.69) is 12.5 Å². The van der Waals surface area contributed by atoms with Crippen LogP contribution in [0.1, 0.15) is 24.2 Å². The fourth-order valence-electron chi connectivity index (χ4n) is 3.46. The van der Waals surface area contributed by atoms with Gasteiger partial charge in [0, 0.05) is 18.7 Å². The summed E-state index contributed by atoms with van der Waals surface area (Å²) in [6.07, 6.45) is -0.280. The number of hydrogen-bond donors (Lipinski definition) is 2. The zero-order valence-electron chi connectivity index (χ0n) is 16.1. The van der Waals surface area contributed by atoms with E-state index in [4.69, 9.17) is 4.74 Å². The Morgan fingerprint density at radius 1 is 1.11 bits per heavy atom. The fourth-order valence-corrected chi connectivity index (χ4v) is 5.05. The average molecular weight is 398 g/mol. The smallest absolute Gasteiger partial charge is 0.265 e. The molecule has 0 bridgehead atoms. The van der Waals surface area contributed by atoms with Crippen LogP contribution in [0.25, 0.3) is 0 Å². The molecule has 150 valence electrons. The second-order valence-electron chi connectivity index (χ2n) is 7.49. The highest BCUT2D eigenvalue weighted by Crippen LogP contribution is 2.21. The number of likely N-dealkylation sites (N-methyl/N-ethyl adjacent to an activating group) is 1. The van der Waals surface area contributed by atoms with Crippen molar-refractivity contribution in [2.24, 2.45) is 0 Å². The SMILES string of the molecule is C[C@@H]1CN(S(=O)(=O)c2ccc(C(=O)NN3CC[NH+](C)CC3)cc2)C[C@@H](C)O1. The molecule has 2 aliphatic rings.